The standard InChI is InChI=1S/C27H34BrN7O5S/c1-15(31-26(37)40-27(2,3)4)24(36)34-8-5-6-16(12-34)7-9-35-13-30-22(29)21-23(35)33-25(32-21)41-20-11-19-18(10-17(20)28)38-14-39-19/h10-11,13,15-16H,5-9,12,14,29H2,1-4H3,(H,31,37)/t15-,16?/m0/s1. The molecule has 0 radical (unpaired) electrons. The first-order chi connectivity index (χ1) is 19.5. The summed E-state index contributed by atoms with van der Waals surface area (Å²) in [7, 11) is 0. The largest absolute Gasteiger partial charge is 0.454 e. The van der Waals surface area contributed by atoms with Crippen LogP contribution in [-0.4, -0.2) is 67.9 Å². The average molecular weight is 649 g/mol. The number of nitrogens with two attached hydrogens (primary N) is 1. The highest BCUT2D eigenvalue weighted by Crippen LogP contribution is 2.43. The average Bonchev–Trinajstić information content (AvgIpc) is 3.54. The number of aryl methyl sites for hydroxylation is 1. The highest BCUT2D eigenvalue weighted by atomic mass is 79.9. The van der Waals surface area contributed by atoms with Crippen molar-refractivity contribution in [2.24, 2.45) is 5.92 Å². The van der Waals surface area contributed by atoms with Gasteiger partial charge in [-0.25, -0.2) is 19.7 Å². The molecule has 0 saturated carbocycles. The van der Waals surface area contributed by atoms with Crippen LogP contribution >= 0.6 is 27.7 Å². The maximum atomic E-state index is 13.1. The molecule has 0 bridgehead atoms. The number of nitrogens with zero attached hydrogens (tertiary/aromatic N) is 5. The number of halogens is 1. The van der Waals surface area contributed by atoms with Crippen molar-refractivity contribution < 1.29 is 23.8 Å². The first kappa shape index (κ1) is 29.2. The number of nitrogens with one attached hydrogen (secondary N) is 1. The van der Waals surface area contributed by atoms with Crippen LogP contribution in [-0.2, 0) is 16.1 Å². The quantitative estimate of drug-likeness (QED) is 0.374. The molecule has 0 aromatic heterocycles. The van der Waals surface area contributed by atoms with Gasteiger partial charge in [-0.15, -0.1) is 0 Å². The first-order valence-corrected chi connectivity index (χ1v) is 15.1. The van der Waals surface area contributed by atoms with Gasteiger partial charge in [0.05, 0.1) is 6.33 Å². The summed E-state index contributed by atoms with van der Waals surface area (Å²) in [5, 5.41) is 3.21. The molecular weight excluding hydrogens is 614 g/mol. The molecule has 1 saturated heterocycles. The molecule has 1 aromatic rings. The molecule has 12 nitrogen and oxygen atoms in total. The zero-order valence-corrected chi connectivity index (χ0v) is 25.9. The lowest BCUT2D eigenvalue weighted by atomic mass is 9.94. The van der Waals surface area contributed by atoms with E-state index in [1.54, 1.807) is 34.0 Å². The van der Waals surface area contributed by atoms with E-state index in [2.05, 4.69) is 31.2 Å². The van der Waals surface area contributed by atoms with Crippen molar-refractivity contribution in [3.05, 3.63) is 22.9 Å². The molecule has 14 heteroatoms. The van der Waals surface area contributed by atoms with Gasteiger partial charge in [0, 0.05) is 29.0 Å². The van der Waals surface area contributed by atoms with Gasteiger partial charge in [-0.3, -0.25) is 4.79 Å². The third kappa shape index (κ3) is 6.97. The molecular formula is C27H34BrN7O5S. The second kappa shape index (κ2) is 11.9. The number of ether oxygens (including phenoxy) is 3. The molecule has 4 aliphatic heterocycles. The number of imidazole rings is 1. The van der Waals surface area contributed by atoms with Gasteiger partial charge in [0.15, 0.2) is 34.0 Å². The number of carbonyl (C=O) groups is 2. The Hall–Kier alpha value is -3.26. The molecule has 1 fully saturated rings. The second-order valence-electron chi connectivity index (χ2n) is 11.2. The van der Waals surface area contributed by atoms with Crippen molar-refractivity contribution in [2.45, 2.75) is 75.2 Å². The molecule has 0 spiro atoms. The predicted molar refractivity (Wildman–Crippen MR) is 156 cm³/mol. The smallest absolute Gasteiger partial charge is 0.408 e. The minimum Gasteiger partial charge on any atom is -0.454 e. The van der Waals surface area contributed by atoms with Crippen LogP contribution in [0, 0.1) is 5.92 Å². The first-order valence-electron chi connectivity index (χ1n) is 13.5. The molecule has 0 aliphatic carbocycles. The lowest BCUT2D eigenvalue weighted by Gasteiger charge is -2.34. The Kier molecular flexibility index (Phi) is 8.50. The van der Waals surface area contributed by atoms with Crippen molar-refractivity contribution in [1.29, 1.82) is 0 Å². The Balaban J connectivity index is 1.22. The SMILES string of the molecule is C[C@H](NC(=O)OC(C)(C)C)C(=O)N1CCCC(CCn2cnc(N)c3nc(Sc4cc5c(cc4Br)OCO5)nc2-3)C1. The molecule has 4 heterocycles. The summed E-state index contributed by atoms with van der Waals surface area (Å²) in [5.41, 5.74) is 6.08. The minimum absolute atomic E-state index is 0.108. The van der Waals surface area contributed by atoms with Crippen LogP contribution in [0.1, 0.15) is 47.0 Å². The van der Waals surface area contributed by atoms with Crippen LogP contribution in [0.3, 0.4) is 0 Å². The molecule has 220 valence electrons. The summed E-state index contributed by atoms with van der Waals surface area (Å²) < 4.78 is 19.1. The number of benzene rings is 1. The second-order valence-corrected chi connectivity index (χ2v) is 13.1. The number of hydrogen-bond donors (Lipinski definition) is 2. The van der Waals surface area contributed by atoms with Gasteiger partial charge in [0.1, 0.15) is 11.6 Å². The van der Waals surface area contributed by atoms with E-state index in [-0.39, 0.29) is 12.7 Å². The highest BCUT2D eigenvalue weighted by Gasteiger charge is 2.29. The number of likely N-dealkylation sites (tertiary alicyclic amines) is 1. The van der Waals surface area contributed by atoms with Crippen molar-refractivity contribution in [3.63, 3.8) is 0 Å². The van der Waals surface area contributed by atoms with Crippen molar-refractivity contribution in [3.8, 4) is 23.0 Å². The normalized spacial score (nSPS) is 17.5. The van der Waals surface area contributed by atoms with E-state index in [1.807, 2.05) is 21.6 Å². The zero-order chi connectivity index (χ0) is 29.3. The molecule has 2 atom stereocenters. The lowest BCUT2D eigenvalue weighted by Crippen LogP contribution is -2.50. The fourth-order valence-electron chi connectivity index (χ4n) is 4.86. The van der Waals surface area contributed by atoms with Crippen molar-refractivity contribution in [2.75, 3.05) is 25.6 Å². The minimum atomic E-state index is -0.667. The molecule has 1 aromatic carbocycles. The fourth-order valence-corrected chi connectivity index (χ4v) is 6.21. The fraction of sp³-hybridized carbons (Fsp3) is 0.519. The van der Waals surface area contributed by atoms with Gasteiger partial charge in [-0.2, -0.15) is 0 Å². The van der Waals surface area contributed by atoms with Crippen LogP contribution in [0.4, 0.5) is 10.6 Å². The number of fused-ring (bicyclic) bond motifs is 2. The van der Waals surface area contributed by atoms with Gasteiger partial charge in [-0.1, -0.05) is 0 Å². The van der Waals surface area contributed by atoms with E-state index in [0.717, 1.165) is 28.6 Å². The number of amides is 2. The Bertz CT molecular complexity index is 1410. The van der Waals surface area contributed by atoms with Crippen LogP contribution in [0.15, 0.2) is 33.0 Å². The number of alkyl carbamates (subject to hydrolysis) is 1. The highest BCUT2D eigenvalue weighted by molar-refractivity contribution is 9.10. The maximum Gasteiger partial charge on any atom is 0.408 e. The van der Waals surface area contributed by atoms with E-state index >= 15 is 0 Å². The Morgan fingerprint density at radius 3 is 2.78 bits per heavy atom. The molecule has 2 amide bonds. The predicted octanol–water partition coefficient (Wildman–Crippen LogP) is 4.54. The van der Waals surface area contributed by atoms with Crippen molar-refractivity contribution in [1.82, 2.24) is 29.7 Å². The molecule has 4 aliphatic rings. The summed E-state index contributed by atoms with van der Waals surface area (Å²) in [6.07, 6.45) is 3.83. The van der Waals surface area contributed by atoms with Gasteiger partial charge < -0.3 is 34.7 Å². The zero-order valence-electron chi connectivity index (χ0n) is 23.5. The molecule has 1 unspecified atom stereocenters. The Labute approximate surface area is 251 Å². The number of hydrogen-bond acceptors (Lipinski definition) is 10. The summed E-state index contributed by atoms with van der Waals surface area (Å²) in [4.78, 5) is 41.7. The number of piperidine rings is 1. The number of aromatic nitrogens is 4. The third-order valence-electron chi connectivity index (χ3n) is 6.81. The Morgan fingerprint density at radius 2 is 2.02 bits per heavy atom. The maximum absolute atomic E-state index is 13.1. The monoisotopic (exact) mass is 647 g/mol. The van der Waals surface area contributed by atoms with E-state index in [1.165, 1.54) is 11.8 Å². The molecule has 5 rings (SSSR count). The van der Waals surface area contributed by atoms with E-state index in [4.69, 9.17) is 24.9 Å². The topological polar surface area (TPSA) is 147 Å². The number of nitrogen functional groups attached to an aromatic ring is 1. The van der Waals surface area contributed by atoms with Gasteiger partial charge in [0.25, 0.3) is 0 Å². The lowest BCUT2D eigenvalue weighted by molar-refractivity contribution is -0.134. The van der Waals surface area contributed by atoms with Gasteiger partial charge in [-0.05, 0) is 92.7 Å². The van der Waals surface area contributed by atoms with Gasteiger partial charge in [0.2, 0.25) is 12.7 Å². The third-order valence-corrected chi connectivity index (χ3v) is 8.65. The van der Waals surface area contributed by atoms with Crippen LogP contribution in [0.25, 0.3) is 11.5 Å². The number of anilines is 1. The van der Waals surface area contributed by atoms with E-state index < -0.39 is 17.7 Å². The molecule has 41 heavy (non-hydrogen) atoms. The summed E-state index contributed by atoms with van der Waals surface area (Å²) >= 11 is 4.99. The van der Waals surface area contributed by atoms with Crippen LogP contribution in [0.2, 0.25) is 0 Å². The summed E-state index contributed by atoms with van der Waals surface area (Å²) in [6, 6.07) is 3.10. The van der Waals surface area contributed by atoms with E-state index in [9.17, 15) is 9.59 Å². The summed E-state index contributed by atoms with van der Waals surface area (Å²) in [6.45, 7) is 9.19. The summed E-state index contributed by atoms with van der Waals surface area (Å²) in [5.74, 6) is 2.54. The molecule has 3 N–H and O–H groups in total. The van der Waals surface area contributed by atoms with Crippen LogP contribution in [0.5, 0.6) is 11.5 Å². The van der Waals surface area contributed by atoms with Gasteiger partial charge >= 0.3 is 6.09 Å². The van der Waals surface area contributed by atoms with E-state index in [0.29, 0.717) is 59.5 Å². The number of rotatable bonds is 7. The number of carbonyl (C=O) groups excluding carboxylic acids is 2. The van der Waals surface area contributed by atoms with Crippen molar-refractivity contribution >= 4 is 45.5 Å². The Morgan fingerprint density at radius 1 is 1.27 bits per heavy atom. The van der Waals surface area contributed by atoms with Crippen LogP contribution < -0.4 is 20.5 Å².